The third kappa shape index (κ3) is 1.08. The summed E-state index contributed by atoms with van der Waals surface area (Å²) >= 11 is 0. The fraction of sp³-hybridized carbons (Fsp3) is 1.00. The molecule has 0 aromatic carbocycles. The SMILES string of the molecule is [N-]=[N+]=N[C@H]1CC[C@H]2CNC[C@H]21. The van der Waals surface area contributed by atoms with E-state index in [-0.39, 0.29) is 6.04 Å². The van der Waals surface area contributed by atoms with Gasteiger partial charge in [-0.05, 0) is 43.3 Å². The van der Waals surface area contributed by atoms with Crippen molar-refractivity contribution in [3.63, 3.8) is 0 Å². The van der Waals surface area contributed by atoms with Gasteiger partial charge in [-0.3, -0.25) is 0 Å². The van der Waals surface area contributed by atoms with Crippen LogP contribution in [-0.4, -0.2) is 19.1 Å². The Hall–Kier alpha value is -0.730. The lowest BCUT2D eigenvalue weighted by molar-refractivity contribution is 0.452. The van der Waals surface area contributed by atoms with Crippen LogP contribution in [-0.2, 0) is 0 Å². The lowest BCUT2D eigenvalue weighted by atomic mass is 9.98. The summed E-state index contributed by atoms with van der Waals surface area (Å²) in [4.78, 5) is 2.88. The van der Waals surface area contributed by atoms with E-state index in [0.717, 1.165) is 25.4 Å². The molecule has 3 atom stereocenters. The van der Waals surface area contributed by atoms with Gasteiger partial charge < -0.3 is 5.32 Å². The van der Waals surface area contributed by atoms with Crippen LogP contribution in [0.4, 0.5) is 0 Å². The van der Waals surface area contributed by atoms with Crippen LogP contribution in [0.5, 0.6) is 0 Å². The lowest BCUT2D eigenvalue weighted by Gasteiger charge is -2.10. The van der Waals surface area contributed by atoms with Crippen molar-refractivity contribution >= 4 is 0 Å². The molecule has 1 heterocycles. The number of fused-ring (bicyclic) bond motifs is 1. The second-order valence-electron chi connectivity index (χ2n) is 3.43. The van der Waals surface area contributed by atoms with Crippen molar-refractivity contribution in [2.45, 2.75) is 18.9 Å². The smallest absolute Gasteiger partial charge is 0.0417 e. The molecule has 4 heteroatoms. The van der Waals surface area contributed by atoms with Gasteiger partial charge in [0.1, 0.15) is 0 Å². The molecule has 11 heavy (non-hydrogen) atoms. The van der Waals surface area contributed by atoms with Crippen LogP contribution in [0.1, 0.15) is 12.8 Å². The minimum absolute atomic E-state index is 0.278. The van der Waals surface area contributed by atoms with Gasteiger partial charge in [0.05, 0.1) is 0 Å². The highest BCUT2D eigenvalue weighted by molar-refractivity contribution is 4.95. The highest BCUT2D eigenvalue weighted by Gasteiger charge is 2.38. The van der Waals surface area contributed by atoms with Gasteiger partial charge >= 0.3 is 0 Å². The van der Waals surface area contributed by atoms with E-state index in [0.29, 0.717) is 5.92 Å². The van der Waals surface area contributed by atoms with Crippen LogP contribution >= 0.6 is 0 Å². The minimum Gasteiger partial charge on any atom is -0.316 e. The van der Waals surface area contributed by atoms with E-state index < -0.39 is 0 Å². The van der Waals surface area contributed by atoms with Gasteiger partial charge in [-0.25, -0.2) is 0 Å². The monoisotopic (exact) mass is 152 g/mol. The maximum absolute atomic E-state index is 8.28. The summed E-state index contributed by atoms with van der Waals surface area (Å²) in [5.74, 6) is 1.41. The summed E-state index contributed by atoms with van der Waals surface area (Å²) in [5, 5.41) is 7.14. The first-order chi connectivity index (χ1) is 5.42. The molecule has 2 fully saturated rings. The highest BCUT2D eigenvalue weighted by Crippen LogP contribution is 2.36. The molecule has 1 aliphatic heterocycles. The zero-order valence-electron chi connectivity index (χ0n) is 6.40. The summed E-state index contributed by atoms with van der Waals surface area (Å²) in [7, 11) is 0. The third-order valence-corrected chi connectivity index (χ3v) is 2.92. The average Bonchev–Trinajstić information content (AvgIpc) is 2.53. The van der Waals surface area contributed by atoms with Crippen LogP contribution in [0.3, 0.4) is 0 Å². The Bertz CT molecular complexity index is 197. The predicted molar refractivity (Wildman–Crippen MR) is 42.0 cm³/mol. The average molecular weight is 152 g/mol. The first-order valence-corrected chi connectivity index (χ1v) is 4.16. The zero-order chi connectivity index (χ0) is 7.68. The standard InChI is InChI=1S/C7H12N4/c8-11-10-7-2-1-5-3-9-4-6(5)7/h5-7,9H,1-4H2/t5-,6+,7-/m0/s1. The van der Waals surface area contributed by atoms with E-state index in [1.54, 1.807) is 0 Å². The van der Waals surface area contributed by atoms with Crippen molar-refractivity contribution in [3.8, 4) is 0 Å². The Morgan fingerprint density at radius 1 is 1.36 bits per heavy atom. The fourth-order valence-corrected chi connectivity index (χ4v) is 2.33. The molecule has 0 radical (unpaired) electrons. The van der Waals surface area contributed by atoms with E-state index >= 15 is 0 Å². The maximum atomic E-state index is 8.28. The number of hydrogen-bond acceptors (Lipinski definition) is 2. The number of nitrogens with one attached hydrogen (secondary N) is 1. The van der Waals surface area contributed by atoms with Crippen molar-refractivity contribution in [2.24, 2.45) is 17.0 Å². The molecule has 4 nitrogen and oxygen atoms in total. The fourth-order valence-electron chi connectivity index (χ4n) is 2.33. The molecular weight excluding hydrogens is 140 g/mol. The van der Waals surface area contributed by atoms with Crippen molar-refractivity contribution in [2.75, 3.05) is 13.1 Å². The zero-order valence-corrected chi connectivity index (χ0v) is 6.40. The van der Waals surface area contributed by atoms with Gasteiger partial charge in [0, 0.05) is 11.0 Å². The van der Waals surface area contributed by atoms with Crippen molar-refractivity contribution in [1.82, 2.24) is 5.32 Å². The molecule has 1 saturated heterocycles. The number of nitrogens with zero attached hydrogens (tertiary/aromatic N) is 3. The number of azide groups is 1. The van der Waals surface area contributed by atoms with E-state index in [9.17, 15) is 0 Å². The predicted octanol–water partition coefficient (Wildman–Crippen LogP) is 1.29. The largest absolute Gasteiger partial charge is 0.316 e. The summed E-state index contributed by atoms with van der Waals surface area (Å²) in [5.41, 5.74) is 8.28. The van der Waals surface area contributed by atoms with Crippen LogP contribution < -0.4 is 5.32 Å². The Balaban J connectivity index is 2.08. The second-order valence-corrected chi connectivity index (χ2v) is 3.43. The van der Waals surface area contributed by atoms with E-state index in [1.807, 2.05) is 0 Å². The molecule has 0 aromatic heterocycles. The number of rotatable bonds is 1. The maximum Gasteiger partial charge on any atom is 0.0417 e. The topological polar surface area (TPSA) is 60.8 Å². The summed E-state index contributed by atoms with van der Waals surface area (Å²) in [6, 6.07) is 0.278. The Morgan fingerprint density at radius 3 is 3.09 bits per heavy atom. The Labute approximate surface area is 65.6 Å². The van der Waals surface area contributed by atoms with E-state index in [4.69, 9.17) is 5.53 Å². The molecule has 2 aliphatic rings. The Morgan fingerprint density at radius 2 is 2.27 bits per heavy atom. The van der Waals surface area contributed by atoms with Gasteiger partial charge in [-0.15, -0.1) is 0 Å². The first-order valence-electron chi connectivity index (χ1n) is 4.16. The summed E-state index contributed by atoms with van der Waals surface area (Å²) in [6.45, 7) is 2.18. The van der Waals surface area contributed by atoms with Crippen molar-refractivity contribution in [1.29, 1.82) is 0 Å². The molecule has 0 aromatic rings. The molecule has 0 unspecified atom stereocenters. The van der Waals surface area contributed by atoms with E-state index in [1.165, 1.54) is 6.42 Å². The highest BCUT2D eigenvalue weighted by atomic mass is 15.2. The van der Waals surface area contributed by atoms with Crippen LogP contribution in [0.2, 0.25) is 0 Å². The molecule has 60 valence electrons. The number of hydrogen-bond donors (Lipinski definition) is 1. The molecular formula is C7H12N4. The molecule has 1 N–H and O–H groups in total. The normalized spacial score (nSPS) is 41.6. The van der Waals surface area contributed by atoms with Crippen LogP contribution in [0.25, 0.3) is 10.4 Å². The third-order valence-electron chi connectivity index (χ3n) is 2.92. The van der Waals surface area contributed by atoms with Gasteiger partial charge in [-0.2, -0.15) is 0 Å². The second kappa shape index (κ2) is 2.72. The minimum atomic E-state index is 0.278. The van der Waals surface area contributed by atoms with Gasteiger partial charge in [0.15, 0.2) is 0 Å². The molecule has 0 bridgehead atoms. The molecule has 0 spiro atoms. The van der Waals surface area contributed by atoms with E-state index in [2.05, 4.69) is 15.3 Å². The lowest BCUT2D eigenvalue weighted by Crippen LogP contribution is -2.18. The summed E-state index contributed by atoms with van der Waals surface area (Å²) in [6.07, 6.45) is 2.34. The van der Waals surface area contributed by atoms with Crippen molar-refractivity contribution in [3.05, 3.63) is 10.4 Å². The first kappa shape index (κ1) is 6.95. The Kier molecular flexibility index (Phi) is 1.72. The molecule has 1 saturated carbocycles. The molecule has 2 rings (SSSR count). The van der Waals surface area contributed by atoms with Crippen LogP contribution in [0, 0.1) is 11.8 Å². The van der Waals surface area contributed by atoms with Gasteiger partial charge in [0.2, 0.25) is 0 Å². The molecule has 1 aliphatic carbocycles. The van der Waals surface area contributed by atoms with Crippen LogP contribution in [0.15, 0.2) is 5.11 Å². The molecule has 0 amide bonds. The van der Waals surface area contributed by atoms with Crippen molar-refractivity contribution < 1.29 is 0 Å². The summed E-state index contributed by atoms with van der Waals surface area (Å²) < 4.78 is 0. The van der Waals surface area contributed by atoms with Gasteiger partial charge in [0.25, 0.3) is 0 Å². The van der Waals surface area contributed by atoms with Gasteiger partial charge in [-0.1, -0.05) is 5.11 Å². The quantitative estimate of drug-likeness (QED) is 0.343.